The van der Waals surface area contributed by atoms with Crippen molar-refractivity contribution in [2.75, 3.05) is 13.7 Å². The smallest absolute Gasteiger partial charge is 0.259 e. The van der Waals surface area contributed by atoms with Crippen LogP contribution in [0.2, 0.25) is 0 Å². The molecule has 1 amide bonds. The molecule has 1 N–H and O–H groups in total. The number of aromatic amines is 1. The van der Waals surface area contributed by atoms with E-state index in [0.717, 1.165) is 34.9 Å². The van der Waals surface area contributed by atoms with Gasteiger partial charge in [-0.15, -0.1) is 0 Å². The lowest BCUT2D eigenvalue weighted by Crippen LogP contribution is -2.36. The molecule has 0 fully saturated rings. The molecular formula is C19H20N4O3. The quantitative estimate of drug-likeness (QED) is 0.780. The van der Waals surface area contributed by atoms with Gasteiger partial charge in [-0.25, -0.2) is 4.98 Å². The number of nitrogens with one attached hydrogen (secondary N) is 1. The van der Waals surface area contributed by atoms with Crippen molar-refractivity contribution in [3.8, 4) is 17.1 Å². The summed E-state index contributed by atoms with van der Waals surface area (Å²) >= 11 is 0. The van der Waals surface area contributed by atoms with E-state index in [0.29, 0.717) is 30.8 Å². The van der Waals surface area contributed by atoms with Crippen molar-refractivity contribution in [3.05, 3.63) is 53.2 Å². The highest BCUT2D eigenvalue weighted by molar-refractivity contribution is 5.95. The SMILES string of the molecule is CCc1oncc1C(=O)N1CCc2nc(-c3ccc(OC)cc3)[nH]c2C1. The van der Waals surface area contributed by atoms with Crippen LogP contribution in [0.5, 0.6) is 5.75 Å². The minimum Gasteiger partial charge on any atom is -0.497 e. The molecule has 0 saturated heterocycles. The van der Waals surface area contributed by atoms with Crippen LogP contribution in [0.25, 0.3) is 11.4 Å². The number of benzene rings is 1. The van der Waals surface area contributed by atoms with Crippen LogP contribution in [-0.4, -0.2) is 39.6 Å². The number of rotatable bonds is 4. The Balaban J connectivity index is 1.55. The lowest BCUT2D eigenvalue weighted by atomic mass is 10.1. The van der Waals surface area contributed by atoms with Crippen LogP contribution in [0.3, 0.4) is 0 Å². The largest absolute Gasteiger partial charge is 0.497 e. The Labute approximate surface area is 151 Å². The third-order valence-electron chi connectivity index (χ3n) is 4.68. The van der Waals surface area contributed by atoms with E-state index in [-0.39, 0.29) is 5.91 Å². The van der Waals surface area contributed by atoms with E-state index in [9.17, 15) is 4.79 Å². The summed E-state index contributed by atoms with van der Waals surface area (Å²) in [6.07, 6.45) is 2.87. The van der Waals surface area contributed by atoms with Crippen LogP contribution >= 0.6 is 0 Å². The normalized spacial score (nSPS) is 13.5. The van der Waals surface area contributed by atoms with Gasteiger partial charge >= 0.3 is 0 Å². The standard InChI is InChI=1S/C19H20N4O3/c1-3-17-14(10-20-26-17)19(24)23-9-8-15-16(11-23)22-18(21-15)12-4-6-13(25-2)7-5-12/h4-7,10H,3,8-9,11H2,1-2H3,(H,21,22). The van der Waals surface area contributed by atoms with Gasteiger partial charge in [0, 0.05) is 24.9 Å². The highest BCUT2D eigenvalue weighted by Crippen LogP contribution is 2.25. The van der Waals surface area contributed by atoms with Crippen LogP contribution in [0.15, 0.2) is 35.0 Å². The number of hydrogen-bond acceptors (Lipinski definition) is 5. The molecule has 2 aromatic heterocycles. The first-order chi connectivity index (χ1) is 12.7. The van der Waals surface area contributed by atoms with Crippen LogP contribution in [-0.2, 0) is 19.4 Å². The summed E-state index contributed by atoms with van der Waals surface area (Å²) in [5, 5.41) is 3.76. The Morgan fingerprint density at radius 3 is 2.88 bits per heavy atom. The molecule has 134 valence electrons. The molecule has 0 radical (unpaired) electrons. The van der Waals surface area contributed by atoms with Gasteiger partial charge in [0.05, 0.1) is 31.2 Å². The number of aryl methyl sites for hydroxylation is 1. The predicted molar refractivity (Wildman–Crippen MR) is 94.9 cm³/mol. The van der Waals surface area contributed by atoms with E-state index in [1.54, 1.807) is 7.11 Å². The lowest BCUT2D eigenvalue weighted by molar-refractivity contribution is 0.0729. The van der Waals surface area contributed by atoms with E-state index in [4.69, 9.17) is 14.2 Å². The number of carbonyl (C=O) groups is 1. The van der Waals surface area contributed by atoms with Gasteiger partial charge in [-0.05, 0) is 24.3 Å². The van der Waals surface area contributed by atoms with E-state index in [1.807, 2.05) is 36.1 Å². The third kappa shape index (κ3) is 2.85. The minimum atomic E-state index is -0.0469. The maximum atomic E-state index is 12.8. The number of H-pyrrole nitrogens is 1. The molecule has 26 heavy (non-hydrogen) atoms. The van der Waals surface area contributed by atoms with Crippen molar-refractivity contribution >= 4 is 5.91 Å². The molecule has 0 atom stereocenters. The first-order valence-corrected chi connectivity index (χ1v) is 8.64. The molecule has 1 aliphatic heterocycles. The average molecular weight is 352 g/mol. The van der Waals surface area contributed by atoms with Crippen molar-refractivity contribution in [1.82, 2.24) is 20.0 Å². The highest BCUT2D eigenvalue weighted by atomic mass is 16.5. The second-order valence-corrected chi connectivity index (χ2v) is 6.23. The fraction of sp³-hybridized carbons (Fsp3) is 0.316. The maximum Gasteiger partial charge on any atom is 0.259 e. The number of carbonyl (C=O) groups excluding carboxylic acids is 1. The molecule has 0 bridgehead atoms. The first kappa shape index (κ1) is 16.4. The zero-order valence-electron chi connectivity index (χ0n) is 14.8. The minimum absolute atomic E-state index is 0.0469. The highest BCUT2D eigenvalue weighted by Gasteiger charge is 2.27. The molecule has 1 aromatic carbocycles. The molecular weight excluding hydrogens is 332 g/mol. The summed E-state index contributed by atoms with van der Waals surface area (Å²) in [6, 6.07) is 7.75. The molecule has 0 aliphatic carbocycles. The summed E-state index contributed by atoms with van der Waals surface area (Å²) in [4.78, 5) is 22.6. The zero-order chi connectivity index (χ0) is 18.1. The van der Waals surface area contributed by atoms with Gasteiger partial charge < -0.3 is 19.1 Å². The van der Waals surface area contributed by atoms with E-state index in [2.05, 4.69) is 10.1 Å². The van der Waals surface area contributed by atoms with Gasteiger partial charge in [0.1, 0.15) is 22.9 Å². The Bertz CT molecular complexity index is 927. The predicted octanol–water partition coefficient (Wildman–Crippen LogP) is 2.83. The van der Waals surface area contributed by atoms with Crippen LogP contribution in [0.4, 0.5) is 0 Å². The number of fused-ring (bicyclic) bond motifs is 1. The van der Waals surface area contributed by atoms with E-state index < -0.39 is 0 Å². The molecule has 7 nitrogen and oxygen atoms in total. The number of ether oxygens (including phenoxy) is 1. The van der Waals surface area contributed by atoms with Crippen LogP contribution in [0.1, 0.15) is 34.4 Å². The molecule has 4 rings (SSSR count). The molecule has 1 aliphatic rings. The zero-order valence-corrected chi connectivity index (χ0v) is 14.8. The Hall–Kier alpha value is -3.09. The van der Waals surface area contributed by atoms with Gasteiger partial charge in [0.2, 0.25) is 0 Å². The van der Waals surface area contributed by atoms with Gasteiger partial charge in [-0.2, -0.15) is 0 Å². The Morgan fingerprint density at radius 1 is 1.35 bits per heavy atom. The fourth-order valence-corrected chi connectivity index (χ4v) is 3.22. The summed E-state index contributed by atoms with van der Waals surface area (Å²) in [5.41, 5.74) is 3.53. The van der Waals surface area contributed by atoms with Crippen molar-refractivity contribution in [2.45, 2.75) is 26.3 Å². The van der Waals surface area contributed by atoms with Gasteiger partial charge in [0.15, 0.2) is 0 Å². The van der Waals surface area contributed by atoms with Crippen molar-refractivity contribution in [2.24, 2.45) is 0 Å². The average Bonchev–Trinajstić information content (AvgIpc) is 3.33. The summed E-state index contributed by atoms with van der Waals surface area (Å²) in [5.74, 6) is 2.20. The summed E-state index contributed by atoms with van der Waals surface area (Å²) < 4.78 is 10.3. The number of imidazole rings is 1. The number of aromatic nitrogens is 3. The van der Waals surface area contributed by atoms with Crippen LogP contribution in [0, 0.1) is 0 Å². The van der Waals surface area contributed by atoms with Gasteiger partial charge in [-0.1, -0.05) is 12.1 Å². The second kappa shape index (κ2) is 6.67. The Morgan fingerprint density at radius 2 is 2.15 bits per heavy atom. The molecule has 3 aromatic rings. The van der Waals surface area contributed by atoms with E-state index >= 15 is 0 Å². The topological polar surface area (TPSA) is 84.2 Å². The molecule has 7 heteroatoms. The molecule has 0 saturated carbocycles. The number of hydrogen-bond donors (Lipinski definition) is 1. The molecule has 3 heterocycles. The Kier molecular flexibility index (Phi) is 4.20. The second-order valence-electron chi connectivity index (χ2n) is 6.23. The van der Waals surface area contributed by atoms with Crippen molar-refractivity contribution < 1.29 is 14.1 Å². The summed E-state index contributed by atoms with van der Waals surface area (Å²) in [7, 11) is 1.64. The number of nitrogens with zero attached hydrogens (tertiary/aromatic N) is 3. The fourth-order valence-electron chi connectivity index (χ4n) is 3.22. The van der Waals surface area contributed by atoms with E-state index in [1.165, 1.54) is 6.20 Å². The molecule has 0 unspecified atom stereocenters. The van der Waals surface area contributed by atoms with Crippen LogP contribution < -0.4 is 4.74 Å². The summed E-state index contributed by atoms with van der Waals surface area (Å²) in [6.45, 7) is 3.08. The number of amides is 1. The lowest BCUT2D eigenvalue weighted by Gasteiger charge is -2.25. The number of methoxy groups -OCH3 is 1. The monoisotopic (exact) mass is 352 g/mol. The van der Waals surface area contributed by atoms with Crippen molar-refractivity contribution in [3.63, 3.8) is 0 Å². The third-order valence-corrected chi connectivity index (χ3v) is 4.68. The van der Waals surface area contributed by atoms with Gasteiger partial charge in [0.25, 0.3) is 5.91 Å². The van der Waals surface area contributed by atoms with Gasteiger partial charge in [-0.3, -0.25) is 4.79 Å². The maximum absolute atomic E-state index is 12.8. The first-order valence-electron chi connectivity index (χ1n) is 8.64. The molecule has 0 spiro atoms. The van der Waals surface area contributed by atoms with Crippen molar-refractivity contribution in [1.29, 1.82) is 0 Å².